The molecule has 1 atom stereocenters. The van der Waals surface area contributed by atoms with Crippen LogP contribution in [0.1, 0.15) is 6.92 Å². The molecule has 0 aromatic heterocycles. The molecule has 0 radical (unpaired) electrons. The highest BCUT2D eigenvalue weighted by molar-refractivity contribution is 4.40. The molecule has 0 aromatic carbocycles. The van der Waals surface area contributed by atoms with Gasteiger partial charge in [-0.15, -0.1) is 4.91 Å². The van der Waals surface area contributed by atoms with Crippen LogP contribution < -0.4 is 5.73 Å². The van der Waals surface area contributed by atoms with Gasteiger partial charge in [0.15, 0.2) is 0 Å². The molecule has 2 N–H and O–H groups in total. The number of rotatable bonds is 1. The maximum atomic E-state index is 9.13. The molecule has 0 aliphatic rings. The van der Waals surface area contributed by atoms with Crippen molar-refractivity contribution in [2.45, 2.75) is 13.1 Å². The predicted molar refractivity (Wildman–Crippen MR) is 19.4 cm³/mol. The first-order valence-corrected chi connectivity index (χ1v) is 1.35. The van der Waals surface area contributed by atoms with Gasteiger partial charge >= 0.3 is 0 Å². The first-order valence-electron chi connectivity index (χ1n) is 1.35. The van der Waals surface area contributed by atoms with Crippen molar-refractivity contribution in [1.29, 1.82) is 0 Å². The molecule has 30 valence electrons. The van der Waals surface area contributed by atoms with Crippen LogP contribution >= 0.6 is 0 Å². The van der Waals surface area contributed by atoms with Gasteiger partial charge in [-0.25, -0.2) is 0 Å². The molecule has 0 aromatic rings. The minimum absolute atomic E-state index is 0.546. The summed E-state index contributed by atoms with van der Waals surface area (Å²) in [4.78, 5) is 9.13. The second-order valence-electron chi connectivity index (χ2n) is 0.846. The number of nitroso groups, excluding NO2 is 1. The van der Waals surface area contributed by atoms with E-state index in [2.05, 4.69) is 5.18 Å². The normalized spacial score (nSPS) is 14.0. The van der Waals surface area contributed by atoms with Crippen molar-refractivity contribution < 1.29 is 0 Å². The van der Waals surface area contributed by atoms with Gasteiger partial charge in [0.1, 0.15) is 6.17 Å². The van der Waals surface area contributed by atoms with Crippen molar-refractivity contribution in [3.05, 3.63) is 4.91 Å². The van der Waals surface area contributed by atoms with E-state index in [0.717, 1.165) is 0 Å². The Labute approximate surface area is 30.1 Å². The molecule has 0 aliphatic carbocycles. The van der Waals surface area contributed by atoms with E-state index < -0.39 is 6.17 Å². The summed E-state index contributed by atoms with van der Waals surface area (Å²) in [5.41, 5.74) is 4.81. The van der Waals surface area contributed by atoms with E-state index in [9.17, 15) is 0 Å². The van der Waals surface area contributed by atoms with Gasteiger partial charge < -0.3 is 5.73 Å². The van der Waals surface area contributed by atoms with Gasteiger partial charge in [-0.2, -0.15) is 0 Å². The second kappa shape index (κ2) is 1.84. The number of hydrogen-bond acceptors (Lipinski definition) is 3. The molecular formula is C2H6N2O. The average Bonchev–Trinajstić information content (AvgIpc) is 1.38. The van der Waals surface area contributed by atoms with Gasteiger partial charge in [-0.3, -0.25) is 0 Å². The molecule has 5 heavy (non-hydrogen) atoms. The smallest absolute Gasteiger partial charge is 0.137 e. The molecule has 0 saturated heterocycles. The third-order valence-corrected chi connectivity index (χ3v) is 0.166. The Morgan fingerprint density at radius 3 is 2.20 bits per heavy atom. The first-order chi connectivity index (χ1) is 2.27. The van der Waals surface area contributed by atoms with Crippen molar-refractivity contribution in [2.75, 3.05) is 0 Å². The lowest BCUT2D eigenvalue weighted by molar-refractivity contribution is 0.785. The van der Waals surface area contributed by atoms with Crippen LogP contribution in [0.5, 0.6) is 0 Å². The molecule has 0 fully saturated rings. The van der Waals surface area contributed by atoms with Crippen LogP contribution in [0.15, 0.2) is 5.18 Å². The lowest BCUT2D eigenvalue weighted by Gasteiger charge is -1.79. The average molecular weight is 74.1 g/mol. The minimum Gasteiger partial charge on any atom is -0.307 e. The van der Waals surface area contributed by atoms with Crippen LogP contribution in [0.25, 0.3) is 0 Å². The molecule has 0 heterocycles. The molecule has 3 heteroatoms. The molecule has 0 amide bonds. The van der Waals surface area contributed by atoms with Crippen molar-refractivity contribution in [1.82, 2.24) is 0 Å². The molecule has 0 bridgehead atoms. The zero-order valence-electron chi connectivity index (χ0n) is 3.01. The summed E-state index contributed by atoms with van der Waals surface area (Å²) in [5.74, 6) is 0. The Balaban J connectivity index is 2.83. The van der Waals surface area contributed by atoms with Crippen LogP contribution in [0.2, 0.25) is 0 Å². The van der Waals surface area contributed by atoms with Crippen LogP contribution in [0, 0.1) is 4.91 Å². The third kappa shape index (κ3) is 3.56. The Morgan fingerprint density at radius 2 is 2.20 bits per heavy atom. The van der Waals surface area contributed by atoms with E-state index in [1.807, 2.05) is 0 Å². The first kappa shape index (κ1) is 4.56. The summed E-state index contributed by atoms with van der Waals surface area (Å²) in [6.07, 6.45) is -0.546. The van der Waals surface area contributed by atoms with Crippen LogP contribution in [0.3, 0.4) is 0 Å². The summed E-state index contributed by atoms with van der Waals surface area (Å²) < 4.78 is 0. The predicted octanol–water partition coefficient (Wildman–Crippen LogP) is 0.0575. The van der Waals surface area contributed by atoms with Crippen LogP contribution in [-0.4, -0.2) is 6.17 Å². The highest BCUT2D eigenvalue weighted by Crippen LogP contribution is 1.67. The van der Waals surface area contributed by atoms with Crippen molar-refractivity contribution in [3.8, 4) is 0 Å². The topological polar surface area (TPSA) is 55.4 Å². The fourth-order valence-electron chi connectivity index (χ4n) is 0. The van der Waals surface area contributed by atoms with Crippen LogP contribution in [0.4, 0.5) is 0 Å². The molecule has 3 nitrogen and oxygen atoms in total. The maximum Gasteiger partial charge on any atom is 0.137 e. The molecule has 0 spiro atoms. The van der Waals surface area contributed by atoms with Gasteiger partial charge in [0, 0.05) is 0 Å². The van der Waals surface area contributed by atoms with Gasteiger partial charge in [0.25, 0.3) is 0 Å². The molecule has 0 saturated carbocycles. The second-order valence-corrected chi connectivity index (χ2v) is 0.846. The summed E-state index contributed by atoms with van der Waals surface area (Å²) >= 11 is 0. The van der Waals surface area contributed by atoms with Crippen molar-refractivity contribution in [3.63, 3.8) is 0 Å². The molecule has 0 rings (SSSR count). The Kier molecular flexibility index (Phi) is 1.68. The van der Waals surface area contributed by atoms with E-state index >= 15 is 0 Å². The van der Waals surface area contributed by atoms with E-state index in [1.54, 1.807) is 0 Å². The van der Waals surface area contributed by atoms with Gasteiger partial charge in [0.2, 0.25) is 0 Å². The number of hydrogen-bond donors (Lipinski definition) is 1. The Hall–Kier alpha value is -0.440. The Morgan fingerprint density at radius 1 is 2.00 bits per heavy atom. The van der Waals surface area contributed by atoms with E-state index in [0.29, 0.717) is 0 Å². The highest BCUT2D eigenvalue weighted by atomic mass is 16.3. The third-order valence-electron chi connectivity index (χ3n) is 0.166. The summed E-state index contributed by atoms with van der Waals surface area (Å²) in [6.45, 7) is 1.52. The van der Waals surface area contributed by atoms with Crippen LogP contribution in [-0.2, 0) is 0 Å². The van der Waals surface area contributed by atoms with E-state index in [4.69, 9.17) is 10.6 Å². The number of nitrogens with zero attached hydrogens (tertiary/aromatic N) is 1. The summed E-state index contributed by atoms with van der Waals surface area (Å²) in [6, 6.07) is 0. The van der Waals surface area contributed by atoms with Crippen molar-refractivity contribution >= 4 is 0 Å². The zero-order chi connectivity index (χ0) is 4.28. The summed E-state index contributed by atoms with van der Waals surface area (Å²) in [5, 5.41) is 2.42. The lowest BCUT2D eigenvalue weighted by atomic mass is 10.7. The quantitative estimate of drug-likeness (QED) is 0.447. The fourth-order valence-corrected chi connectivity index (χ4v) is 0. The largest absolute Gasteiger partial charge is 0.307 e. The zero-order valence-corrected chi connectivity index (χ0v) is 3.01. The minimum atomic E-state index is -0.546. The van der Waals surface area contributed by atoms with Gasteiger partial charge in [-0.1, -0.05) is 5.18 Å². The SMILES string of the molecule is C[C@@H](N)N=O. The number of nitrogens with two attached hydrogens (primary N) is 1. The van der Waals surface area contributed by atoms with Crippen molar-refractivity contribution in [2.24, 2.45) is 10.9 Å². The highest BCUT2D eigenvalue weighted by Gasteiger charge is 1.79. The van der Waals surface area contributed by atoms with E-state index in [1.165, 1.54) is 6.92 Å². The molecular weight excluding hydrogens is 68.0 g/mol. The lowest BCUT2D eigenvalue weighted by Crippen LogP contribution is -2.08. The fraction of sp³-hybridized carbons (Fsp3) is 1.00. The maximum absolute atomic E-state index is 9.13. The monoisotopic (exact) mass is 74.0 g/mol. The van der Waals surface area contributed by atoms with Gasteiger partial charge in [0.05, 0.1) is 0 Å². The van der Waals surface area contributed by atoms with Gasteiger partial charge in [-0.05, 0) is 6.92 Å². The summed E-state index contributed by atoms with van der Waals surface area (Å²) in [7, 11) is 0. The molecule has 0 unspecified atom stereocenters. The molecule has 0 aliphatic heterocycles. The standard InChI is InChI=1S/C2H6N2O/c1-2(3)4-5/h2H,3H2,1H3/t2-/m0/s1. The van der Waals surface area contributed by atoms with E-state index in [-0.39, 0.29) is 0 Å². The Bertz CT molecular complexity index is 34.6.